The number of amides is 1. The van der Waals surface area contributed by atoms with Gasteiger partial charge in [0, 0.05) is 46.8 Å². The molecular weight excluding hydrogens is 442 g/mol. The minimum atomic E-state index is -0.373. The number of anilines is 1. The fourth-order valence-corrected chi connectivity index (χ4v) is 5.22. The number of nitrogens with one attached hydrogen (secondary N) is 2. The van der Waals surface area contributed by atoms with Crippen LogP contribution in [0.3, 0.4) is 0 Å². The van der Waals surface area contributed by atoms with Gasteiger partial charge in [-0.25, -0.2) is 0 Å². The van der Waals surface area contributed by atoms with Gasteiger partial charge in [0.15, 0.2) is 0 Å². The molecule has 0 saturated heterocycles. The van der Waals surface area contributed by atoms with Crippen LogP contribution in [0.15, 0.2) is 72.9 Å². The van der Waals surface area contributed by atoms with Crippen molar-refractivity contribution in [2.75, 3.05) is 11.4 Å². The van der Waals surface area contributed by atoms with E-state index in [0.29, 0.717) is 11.6 Å². The molecule has 2 atom stereocenters. The molecule has 2 heterocycles. The molecule has 5 heteroatoms. The highest BCUT2D eigenvalue weighted by Crippen LogP contribution is 2.33. The Morgan fingerprint density at radius 2 is 1.91 bits per heavy atom. The Labute approximate surface area is 205 Å². The molecule has 5 rings (SSSR count). The van der Waals surface area contributed by atoms with E-state index >= 15 is 0 Å². The molecule has 0 radical (unpaired) electrons. The molecule has 1 amide bonds. The van der Waals surface area contributed by atoms with Gasteiger partial charge in [0.1, 0.15) is 0 Å². The van der Waals surface area contributed by atoms with Crippen LogP contribution in [0.4, 0.5) is 5.69 Å². The van der Waals surface area contributed by atoms with Gasteiger partial charge in [0.25, 0.3) is 0 Å². The number of hydrogen-bond acceptors (Lipinski definition) is 2. The largest absolute Gasteiger partial charge is 0.361 e. The van der Waals surface area contributed by atoms with Crippen LogP contribution in [0.2, 0.25) is 5.02 Å². The van der Waals surface area contributed by atoms with Gasteiger partial charge < -0.3 is 15.2 Å². The molecular formula is C29H30ClN3O. The molecule has 3 aromatic carbocycles. The standard InChI is InChI=1S/C29H30ClN3O/c1-19-9-11-21(12-10-19)17-32-28(20(2)25-18-31-26-8-4-3-7-24(25)26)29(34)33-15-5-6-22-16-23(30)13-14-27(22)33/h3-4,7-14,16,18,20,28,31-32H,5-6,15,17H2,1-2H3. The molecule has 4 nitrogen and oxygen atoms in total. The number of hydrogen-bond donors (Lipinski definition) is 2. The van der Waals surface area contributed by atoms with Crippen LogP contribution in [-0.4, -0.2) is 23.5 Å². The maximum Gasteiger partial charge on any atom is 0.244 e. The Balaban J connectivity index is 1.48. The molecule has 1 aromatic heterocycles. The SMILES string of the molecule is Cc1ccc(CNC(C(=O)N2CCCc3cc(Cl)ccc32)C(C)c2c[nH]c3ccccc23)cc1. The molecule has 2 N–H and O–H groups in total. The lowest BCUT2D eigenvalue weighted by atomic mass is 9.90. The Kier molecular flexibility index (Phi) is 6.44. The zero-order valence-corrected chi connectivity index (χ0v) is 20.4. The number of aryl methyl sites for hydroxylation is 2. The number of rotatable bonds is 6. The second kappa shape index (κ2) is 9.65. The van der Waals surface area contributed by atoms with E-state index in [0.717, 1.165) is 47.1 Å². The van der Waals surface area contributed by atoms with Gasteiger partial charge >= 0.3 is 0 Å². The second-order valence-electron chi connectivity index (χ2n) is 9.29. The first-order valence-electron chi connectivity index (χ1n) is 12.0. The Hall–Kier alpha value is -3.08. The summed E-state index contributed by atoms with van der Waals surface area (Å²) in [6.07, 6.45) is 3.93. The van der Waals surface area contributed by atoms with E-state index in [4.69, 9.17) is 11.6 Å². The molecule has 0 spiro atoms. The molecule has 1 aliphatic rings. The third-order valence-corrected chi connectivity index (χ3v) is 7.19. The van der Waals surface area contributed by atoms with Crippen LogP contribution in [0, 0.1) is 6.92 Å². The fraction of sp³-hybridized carbons (Fsp3) is 0.276. The van der Waals surface area contributed by atoms with Crippen molar-refractivity contribution >= 4 is 34.1 Å². The topological polar surface area (TPSA) is 48.1 Å². The van der Waals surface area contributed by atoms with E-state index < -0.39 is 0 Å². The van der Waals surface area contributed by atoms with Crippen molar-refractivity contribution in [1.82, 2.24) is 10.3 Å². The number of nitrogens with zero attached hydrogens (tertiary/aromatic N) is 1. The monoisotopic (exact) mass is 471 g/mol. The van der Waals surface area contributed by atoms with E-state index in [9.17, 15) is 4.79 Å². The Bertz CT molecular complexity index is 1310. The Morgan fingerprint density at radius 1 is 1.12 bits per heavy atom. The number of carbonyl (C=O) groups excluding carboxylic acids is 1. The van der Waals surface area contributed by atoms with Crippen molar-refractivity contribution in [3.63, 3.8) is 0 Å². The predicted octanol–water partition coefficient (Wildman–Crippen LogP) is 6.37. The van der Waals surface area contributed by atoms with Crippen LogP contribution >= 0.6 is 11.6 Å². The second-order valence-corrected chi connectivity index (χ2v) is 9.73. The fourth-order valence-electron chi connectivity index (χ4n) is 5.02. The molecule has 174 valence electrons. The average Bonchev–Trinajstić information content (AvgIpc) is 3.28. The number of benzene rings is 3. The summed E-state index contributed by atoms with van der Waals surface area (Å²) in [6.45, 7) is 5.58. The molecule has 1 aliphatic heterocycles. The van der Waals surface area contributed by atoms with E-state index in [-0.39, 0.29) is 17.9 Å². The molecule has 2 unspecified atom stereocenters. The average molecular weight is 472 g/mol. The molecule has 0 saturated carbocycles. The number of carbonyl (C=O) groups is 1. The summed E-state index contributed by atoms with van der Waals surface area (Å²) in [4.78, 5) is 19.4. The summed E-state index contributed by atoms with van der Waals surface area (Å²) >= 11 is 6.25. The first-order valence-corrected chi connectivity index (χ1v) is 12.3. The van der Waals surface area contributed by atoms with Gasteiger partial charge in [-0.1, -0.05) is 66.6 Å². The summed E-state index contributed by atoms with van der Waals surface area (Å²) in [6, 6.07) is 22.2. The number of halogens is 1. The van der Waals surface area contributed by atoms with Gasteiger partial charge in [-0.15, -0.1) is 0 Å². The summed E-state index contributed by atoms with van der Waals surface area (Å²) in [5, 5.41) is 5.50. The highest BCUT2D eigenvalue weighted by atomic mass is 35.5. The predicted molar refractivity (Wildman–Crippen MR) is 141 cm³/mol. The summed E-state index contributed by atoms with van der Waals surface area (Å²) < 4.78 is 0. The van der Waals surface area contributed by atoms with Crippen LogP contribution in [0.25, 0.3) is 10.9 Å². The van der Waals surface area contributed by atoms with Crippen molar-refractivity contribution in [3.05, 3.63) is 100 Å². The first-order chi connectivity index (χ1) is 16.5. The minimum absolute atomic E-state index is 0.0215. The summed E-state index contributed by atoms with van der Waals surface area (Å²) in [7, 11) is 0. The zero-order valence-electron chi connectivity index (χ0n) is 19.6. The highest BCUT2D eigenvalue weighted by Gasteiger charge is 2.33. The van der Waals surface area contributed by atoms with E-state index in [2.05, 4.69) is 60.5 Å². The van der Waals surface area contributed by atoms with Crippen LogP contribution in [-0.2, 0) is 17.8 Å². The van der Waals surface area contributed by atoms with Gasteiger partial charge in [0.05, 0.1) is 6.04 Å². The maximum absolute atomic E-state index is 14.1. The third-order valence-electron chi connectivity index (χ3n) is 6.95. The molecule has 4 aromatic rings. The minimum Gasteiger partial charge on any atom is -0.361 e. The first kappa shape index (κ1) is 22.7. The van der Waals surface area contributed by atoms with Gasteiger partial charge in [-0.05, 0) is 60.7 Å². The lowest BCUT2D eigenvalue weighted by molar-refractivity contribution is -0.121. The molecule has 0 fully saturated rings. The molecule has 0 bridgehead atoms. The normalized spacial score (nSPS) is 15.2. The zero-order chi connectivity index (χ0) is 23.7. The number of aromatic nitrogens is 1. The lowest BCUT2D eigenvalue weighted by Gasteiger charge is -2.35. The summed E-state index contributed by atoms with van der Waals surface area (Å²) in [5.74, 6) is 0.0833. The maximum atomic E-state index is 14.1. The van der Waals surface area contributed by atoms with Crippen molar-refractivity contribution in [1.29, 1.82) is 0 Å². The number of H-pyrrole nitrogens is 1. The van der Waals surface area contributed by atoms with Crippen molar-refractivity contribution in [2.45, 2.75) is 45.2 Å². The molecule has 0 aliphatic carbocycles. The van der Waals surface area contributed by atoms with Gasteiger partial charge in [-0.3, -0.25) is 4.79 Å². The van der Waals surface area contributed by atoms with Crippen molar-refractivity contribution in [2.24, 2.45) is 0 Å². The van der Waals surface area contributed by atoms with Crippen LogP contribution < -0.4 is 10.2 Å². The third kappa shape index (κ3) is 4.48. The molecule has 34 heavy (non-hydrogen) atoms. The van der Waals surface area contributed by atoms with Crippen LogP contribution in [0.1, 0.15) is 41.5 Å². The summed E-state index contributed by atoms with van der Waals surface area (Å²) in [5.41, 5.74) is 6.76. The number of aromatic amines is 1. The highest BCUT2D eigenvalue weighted by molar-refractivity contribution is 6.30. The van der Waals surface area contributed by atoms with E-state index in [1.54, 1.807) is 0 Å². The Morgan fingerprint density at radius 3 is 2.74 bits per heavy atom. The quantitative estimate of drug-likeness (QED) is 0.343. The van der Waals surface area contributed by atoms with E-state index in [1.807, 2.05) is 41.4 Å². The van der Waals surface area contributed by atoms with E-state index in [1.165, 1.54) is 11.1 Å². The van der Waals surface area contributed by atoms with Crippen molar-refractivity contribution in [3.8, 4) is 0 Å². The van der Waals surface area contributed by atoms with Crippen molar-refractivity contribution < 1.29 is 4.79 Å². The van der Waals surface area contributed by atoms with Gasteiger partial charge in [0.2, 0.25) is 5.91 Å². The van der Waals surface area contributed by atoms with Crippen LogP contribution in [0.5, 0.6) is 0 Å². The number of fused-ring (bicyclic) bond motifs is 2. The lowest BCUT2D eigenvalue weighted by Crippen LogP contribution is -2.50. The smallest absolute Gasteiger partial charge is 0.244 e. The van der Waals surface area contributed by atoms with Gasteiger partial charge in [-0.2, -0.15) is 0 Å². The number of para-hydroxylation sites is 1.